The first-order valence-corrected chi connectivity index (χ1v) is 11.0. The molecule has 1 spiro atoms. The molecule has 26 heavy (non-hydrogen) atoms. The fraction of sp³-hybridized carbons (Fsp3) is 1.00. The monoisotopic (exact) mass is 364 g/mol. The minimum Gasteiger partial charge on any atom is -0.396 e. The van der Waals surface area contributed by atoms with Crippen LogP contribution in [0.25, 0.3) is 0 Å². The molecule has 0 aromatic rings. The van der Waals surface area contributed by atoms with Crippen molar-refractivity contribution >= 4 is 0 Å². The molecule has 0 radical (unpaired) electrons. The Hall–Kier alpha value is -0.160. The maximum atomic E-state index is 11.6. The Kier molecular flexibility index (Phi) is 3.91. The summed E-state index contributed by atoms with van der Waals surface area (Å²) in [5, 5.41) is 21.3. The highest BCUT2D eigenvalue weighted by atomic mass is 16.7. The quantitative estimate of drug-likeness (QED) is 0.748. The van der Waals surface area contributed by atoms with Crippen LogP contribution in [-0.4, -0.2) is 41.4 Å². The molecule has 1 saturated heterocycles. The van der Waals surface area contributed by atoms with E-state index in [-0.39, 0.29) is 29.1 Å². The Labute approximate surface area is 157 Å². The van der Waals surface area contributed by atoms with Crippen molar-refractivity contribution in [1.82, 2.24) is 0 Å². The van der Waals surface area contributed by atoms with Crippen LogP contribution >= 0.6 is 0 Å². The third-order valence-electron chi connectivity index (χ3n) is 9.96. The highest BCUT2D eigenvalue weighted by molar-refractivity contribution is 5.16. The van der Waals surface area contributed by atoms with Gasteiger partial charge in [0, 0.05) is 18.4 Å². The molecular weight excluding hydrogens is 328 g/mol. The number of fused-ring (bicyclic) bond motifs is 6. The largest absolute Gasteiger partial charge is 0.396 e. The first kappa shape index (κ1) is 17.9. The summed E-state index contributed by atoms with van der Waals surface area (Å²) in [7, 11) is 0. The van der Waals surface area contributed by atoms with Crippen molar-refractivity contribution in [3.05, 3.63) is 0 Å². The molecule has 0 amide bonds. The van der Waals surface area contributed by atoms with Crippen molar-refractivity contribution in [2.75, 3.05) is 19.8 Å². The average Bonchev–Trinajstić information content (AvgIpc) is 3.22. The van der Waals surface area contributed by atoms with E-state index in [0.29, 0.717) is 17.8 Å². The second-order valence-electron chi connectivity index (χ2n) is 10.6. The van der Waals surface area contributed by atoms with Crippen LogP contribution < -0.4 is 0 Å². The zero-order valence-electron chi connectivity index (χ0n) is 16.5. The second kappa shape index (κ2) is 5.68. The third-order valence-corrected chi connectivity index (χ3v) is 9.96. The maximum absolute atomic E-state index is 11.6. The van der Waals surface area contributed by atoms with Crippen molar-refractivity contribution in [1.29, 1.82) is 0 Å². The highest BCUT2D eigenvalue weighted by Crippen LogP contribution is 2.70. The van der Waals surface area contributed by atoms with E-state index in [1.165, 1.54) is 12.8 Å². The third kappa shape index (κ3) is 2.05. The standard InChI is InChI=1S/C22H36O4/c1-19-7-3-15(14-23)13-21(19,24)9-4-16-17(19)5-8-20(2)18(16)6-10-22(20)25-11-12-26-22/h15-18,23-24H,3-14H2,1-2H3/t15-,16-,17+,18+,19-,20+,21-/m1/s1. The SMILES string of the molecule is C[C@]12CC[C@H]3[C@@H](CC[C@@]4(O)C[C@H](CO)CC[C@]34C)[C@@H]1CCC21OCCO1. The summed E-state index contributed by atoms with van der Waals surface area (Å²) in [6.45, 7) is 6.52. The van der Waals surface area contributed by atoms with Gasteiger partial charge in [-0.05, 0) is 80.5 Å². The van der Waals surface area contributed by atoms with Gasteiger partial charge in [0.15, 0.2) is 5.79 Å². The van der Waals surface area contributed by atoms with Crippen molar-refractivity contribution in [3.63, 3.8) is 0 Å². The number of ether oxygens (including phenoxy) is 2. The molecule has 7 atom stereocenters. The van der Waals surface area contributed by atoms with Gasteiger partial charge >= 0.3 is 0 Å². The smallest absolute Gasteiger partial charge is 0.174 e. The molecule has 4 heteroatoms. The van der Waals surface area contributed by atoms with Gasteiger partial charge in [-0.2, -0.15) is 0 Å². The zero-order chi connectivity index (χ0) is 18.2. The van der Waals surface area contributed by atoms with Crippen LogP contribution in [0.15, 0.2) is 0 Å². The topological polar surface area (TPSA) is 58.9 Å². The Morgan fingerprint density at radius 1 is 0.846 bits per heavy atom. The molecule has 0 aromatic carbocycles. The van der Waals surface area contributed by atoms with Crippen LogP contribution in [0.4, 0.5) is 0 Å². The Bertz CT molecular complexity index is 572. The maximum Gasteiger partial charge on any atom is 0.174 e. The first-order valence-electron chi connectivity index (χ1n) is 11.0. The molecule has 4 saturated carbocycles. The van der Waals surface area contributed by atoms with E-state index >= 15 is 0 Å². The molecule has 5 aliphatic rings. The predicted octanol–water partition coefficient (Wildman–Crippen LogP) is 3.50. The molecule has 5 fully saturated rings. The Balaban J connectivity index is 1.45. The van der Waals surface area contributed by atoms with Gasteiger partial charge in [0.05, 0.1) is 18.8 Å². The average molecular weight is 365 g/mol. The summed E-state index contributed by atoms with van der Waals surface area (Å²) in [5.41, 5.74) is -0.432. The van der Waals surface area contributed by atoms with Gasteiger partial charge in [0.1, 0.15) is 0 Å². The van der Waals surface area contributed by atoms with Crippen molar-refractivity contribution in [2.45, 2.75) is 83.0 Å². The molecule has 0 bridgehead atoms. The second-order valence-corrected chi connectivity index (χ2v) is 10.6. The van der Waals surface area contributed by atoms with Crippen LogP contribution in [-0.2, 0) is 9.47 Å². The molecule has 0 unspecified atom stereocenters. The molecule has 4 aliphatic carbocycles. The highest BCUT2D eigenvalue weighted by Gasteiger charge is 2.69. The van der Waals surface area contributed by atoms with E-state index in [0.717, 1.165) is 58.2 Å². The molecular formula is C22H36O4. The van der Waals surface area contributed by atoms with Gasteiger partial charge < -0.3 is 19.7 Å². The van der Waals surface area contributed by atoms with Gasteiger partial charge in [-0.25, -0.2) is 0 Å². The lowest BCUT2D eigenvalue weighted by molar-refractivity contribution is -0.261. The molecule has 2 N–H and O–H groups in total. The van der Waals surface area contributed by atoms with Crippen LogP contribution in [0.1, 0.15) is 71.6 Å². The van der Waals surface area contributed by atoms with E-state index in [1.807, 2.05) is 0 Å². The minimum atomic E-state index is -0.579. The summed E-state index contributed by atoms with van der Waals surface area (Å²) in [5.74, 6) is 1.92. The van der Waals surface area contributed by atoms with Crippen LogP contribution in [0.5, 0.6) is 0 Å². The molecule has 5 rings (SSSR count). The molecule has 1 heterocycles. The van der Waals surface area contributed by atoms with Gasteiger partial charge in [0.25, 0.3) is 0 Å². The van der Waals surface area contributed by atoms with Gasteiger partial charge in [-0.3, -0.25) is 0 Å². The van der Waals surface area contributed by atoms with E-state index in [1.54, 1.807) is 0 Å². The van der Waals surface area contributed by atoms with Crippen molar-refractivity contribution in [3.8, 4) is 0 Å². The Morgan fingerprint density at radius 2 is 1.50 bits per heavy atom. The lowest BCUT2D eigenvalue weighted by Crippen LogP contribution is -2.63. The Morgan fingerprint density at radius 3 is 2.23 bits per heavy atom. The van der Waals surface area contributed by atoms with Crippen LogP contribution in [0, 0.1) is 34.5 Å². The van der Waals surface area contributed by atoms with E-state index < -0.39 is 5.60 Å². The van der Waals surface area contributed by atoms with Gasteiger partial charge in [0.2, 0.25) is 0 Å². The van der Waals surface area contributed by atoms with Gasteiger partial charge in [-0.15, -0.1) is 0 Å². The summed E-state index contributed by atoms with van der Waals surface area (Å²) in [4.78, 5) is 0. The van der Waals surface area contributed by atoms with Crippen molar-refractivity contribution in [2.24, 2.45) is 34.5 Å². The first-order chi connectivity index (χ1) is 12.4. The molecule has 1 aliphatic heterocycles. The number of rotatable bonds is 1. The number of aliphatic hydroxyl groups is 2. The number of hydrogen-bond donors (Lipinski definition) is 2. The molecule has 0 aromatic heterocycles. The summed E-state index contributed by atoms with van der Waals surface area (Å²) in [6.07, 6.45) is 9.57. The van der Waals surface area contributed by atoms with Gasteiger partial charge in [-0.1, -0.05) is 13.8 Å². The lowest BCUT2D eigenvalue weighted by atomic mass is 9.43. The summed E-state index contributed by atoms with van der Waals surface area (Å²) >= 11 is 0. The summed E-state index contributed by atoms with van der Waals surface area (Å²) in [6, 6.07) is 0. The fourth-order valence-corrected chi connectivity index (χ4v) is 8.40. The molecule has 4 nitrogen and oxygen atoms in total. The van der Waals surface area contributed by atoms with E-state index in [4.69, 9.17) is 9.47 Å². The van der Waals surface area contributed by atoms with Crippen LogP contribution in [0.2, 0.25) is 0 Å². The zero-order valence-corrected chi connectivity index (χ0v) is 16.5. The lowest BCUT2D eigenvalue weighted by Gasteiger charge is -2.64. The van der Waals surface area contributed by atoms with Crippen molar-refractivity contribution < 1.29 is 19.7 Å². The summed E-state index contributed by atoms with van der Waals surface area (Å²) < 4.78 is 12.5. The van der Waals surface area contributed by atoms with Crippen LogP contribution in [0.3, 0.4) is 0 Å². The number of hydrogen-bond acceptors (Lipinski definition) is 4. The molecule has 148 valence electrons. The van der Waals surface area contributed by atoms with E-state index in [9.17, 15) is 10.2 Å². The predicted molar refractivity (Wildman–Crippen MR) is 98.4 cm³/mol. The van der Waals surface area contributed by atoms with E-state index in [2.05, 4.69) is 13.8 Å². The fourth-order valence-electron chi connectivity index (χ4n) is 8.40. The number of aliphatic hydroxyl groups excluding tert-OH is 1. The normalized spacial score (nSPS) is 55.4. The minimum absolute atomic E-state index is 0.00998.